The zero-order valence-corrected chi connectivity index (χ0v) is 11.8. The van der Waals surface area contributed by atoms with Gasteiger partial charge in [-0.2, -0.15) is 5.26 Å². The van der Waals surface area contributed by atoms with Crippen molar-refractivity contribution in [2.75, 3.05) is 24.6 Å². The molecule has 6 heteroatoms. The van der Waals surface area contributed by atoms with Crippen LogP contribution < -0.4 is 4.90 Å². The lowest BCUT2D eigenvalue weighted by Gasteiger charge is -2.34. The predicted octanol–water partition coefficient (Wildman–Crippen LogP) is 2.00. The molecule has 1 unspecified atom stereocenters. The van der Waals surface area contributed by atoms with E-state index in [0.29, 0.717) is 25.3 Å². The molecule has 1 N–H and O–H groups in total. The molecule has 1 heterocycles. The lowest BCUT2D eigenvalue weighted by Crippen LogP contribution is -2.43. The minimum Gasteiger partial charge on any atom is -0.481 e. The van der Waals surface area contributed by atoms with E-state index >= 15 is 0 Å². The molecule has 0 aromatic heterocycles. The Labute approximate surface area is 119 Å². The van der Waals surface area contributed by atoms with Crippen LogP contribution >= 0.6 is 15.9 Å². The van der Waals surface area contributed by atoms with E-state index in [1.165, 1.54) is 0 Å². The number of morpholine rings is 1. The van der Waals surface area contributed by atoms with Crippen molar-refractivity contribution in [3.8, 4) is 6.07 Å². The Morgan fingerprint density at radius 2 is 2.42 bits per heavy atom. The molecule has 0 saturated carbocycles. The molecule has 2 rings (SSSR count). The Morgan fingerprint density at radius 1 is 1.63 bits per heavy atom. The number of anilines is 1. The van der Waals surface area contributed by atoms with E-state index in [4.69, 9.17) is 15.1 Å². The second-order valence-corrected chi connectivity index (χ2v) is 5.23. The zero-order chi connectivity index (χ0) is 13.8. The third kappa shape index (κ3) is 3.46. The number of carboxylic acids is 1. The molecule has 5 nitrogen and oxygen atoms in total. The maximum absolute atomic E-state index is 10.7. The number of rotatable bonds is 3. The van der Waals surface area contributed by atoms with Crippen LogP contribution in [0.5, 0.6) is 0 Å². The van der Waals surface area contributed by atoms with Crippen molar-refractivity contribution in [1.29, 1.82) is 5.26 Å². The number of halogens is 1. The number of ether oxygens (including phenoxy) is 1. The summed E-state index contributed by atoms with van der Waals surface area (Å²) < 4.78 is 6.32. The van der Waals surface area contributed by atoms with Gasteiger partial charge in [-0.3, -0.25) is 4.79 Å². The number of nitrogens with zero attached hydrogens (tertiary/aromatic N) is 2. The van der Waals surface area contributed by atoms with Gasteiger partial charge in [0.25, 0.3) is 0 Å². The number of hydrogen-bond donors (Lipinski definition) is 1. The highest BCUT2D eigenvalue weighted by molar-refractivity contribution is 9.10. The molecule has 0 spiro atoms. The predicted molar refractivity (Wildman–Crippen MR) is 73.1 cm³/mol. The molecular weight excluding hydrogens is 312 g/mol. The van der Waals surface area contributed by atoms with Gasteiger partial charge >= 0.3 is 5.97 Å². The quantitative estimate of drug-likeness (QED) is 0.920. The molecule has 1 aliphatic rings. The Kier molecular flexibility index (Phi) is 4.40. The smallest absolute Gasteiger partial charge is 0.306 e. The van der Waals surface area contributed by atoms with E-state index in [-0.39, 0.29) is 12.5 Å². The molecule has 1 aromatic rings. The van der Waals surface area contributed by atoms with Gasteiger partial charge in [0.2, 0.25) is 0 Å². The van der Waals surface area contributed by atoms with Gasteiger partial charge in [0, 0.05) is 17.6 Å². The maximum Gasteiger partial charge on any atom is 0.306 e. The first-order valence-electron chi connectivity index (χ1n) is 5.88. The van der Waals surface area contributed by atoms with Crippen molar-refractivity contribution in [3.63, 3.8) is 0 Å². The summed E-state index contributed by atoms with van der Waals surface area (Å²) in [5.74, 6) is -0.874. The topological polar surface area (TPSA) is 73.6 Å². The van der Waals surface area contributed by atoms with E-state index in [9.17, 15) is 4.79 Å². The van der Waals surface area contributed by atoms with Gasteiger partial charge in [0.15, 0.2) is 0 Å². The van der Waals surface area contributed by atoms with Crippen LogP contribution in [0.3, 0.4) is 0 Å². The summed E-state index contributed by atoms with van der Waals surface area (Å²) in [5, 5.41) is 17.9. The lowest BCUT2D eigenvalue weighted by atomic mass is 10.1. The number of nitriles is 1. The molecule has 0 aliphatic carbocycles. The van der Waals surface area contributed by atoms with E-state index < -0.39 is 5.97 Å². The molecule has 100 valence electrons. The molecule has 1 atom stereocenters. The number of benzene rings is 1. The van der Waals surface area contributed by atoms with E-state index in [1.807, 2.05) is 17.0 Å². The second kappa shape index (κ2) is 6.04. The van der Waals surface area contributed by atoms with Crippen molar-refractivity contribution in [1.82, 2.24) is 0 Å². The van der Waals surface area contributed by atoms with Crippen LogP contribution in [0.1, 0.15) is 12.0 Å². The van der Waals surface area contributed by atoms with E-state index in [2.05, 4.69) is 22.0 Å². The molecule has 1 fully saturated rings. The lowest BCUT2D eigenvalue weighted by molar-refractivity contribution is -0.140. The third-order valence-corrected chi connectivity index (χ3v) is 3.46. The van der Waals surface area contributed by atoms with Crippen LogP contribution in [-0.2, 0) is 9.53 Å². The van der Waals surface area contributed by atoms with Crippen molar-refractivity contribution >= 4 is 27.6 Å². The summed E-state index contributed by atoms with van der Waals surface area (Å²) in [6, 6.07) is 7.60. The van der Waals surface area contributed by atoms with Crippen LogP contribution in [0.4, 0.5) is 5.69 Å². The van der Waals surface area contributed by atoms with Gasteiger partial charge in [-0.1, -0.05) is 15.9 Å². The van der Waals surface area contributed by atoms with Crippen LogP contribution in [0.25, 0.3) is 0 Å². The number of aliphatic carboxylic acids is 1. The van der Waals surface area contributed by atoms with Gasteiger partial charge in [-0.05, 0) is 18.2 Å². The van der Waals surface area contributed by atoms with E-state index in [1.54, 1.807) is 6.07 Å². The summed E-state index contributed by atoms with van der Waals surface area (Å²) in [7, 11) is 0. The first kappa shape index (κ1) is 13.8. The minimum atomic E-state index is -0.874. The number of carboxylic acid groups (broad SMARTS) is 1. The van der Waals surface area contributed by atoms with Gasteiger partial charge in [0.1, 0.15) is 6.07 Å². The van der Waals surface area contributed by atoms with Crippen LogP contribution in [0.2, 0.25) is 0 Å². The fourth-order valence-corrected chi connectivity index (χ4v) is 2.47. The Bertz CT molecular complexity index is 527. The molecule has 0 amide bonds. The molecule has 19 heavy (non-hydrogen) atoms. The average molecular weight is 325 g/mol. The van der Waals surface area contributed by atoms with Crippen molar-refractivity contribution in [3.05, 3.63) is 28.2 Å². The Morgan fingerprint density at radius 3 is 3.11 bits per heavy atom. The average Bonchev–Trinajstić information content (AvgIpc) is 2.38. The molecule has 1 aliphatic heterocycles. The summed E-state index contributed by atoms with van der Waals surface area (Å²) >= 11 is 3.39. The standard InChI is InChI=1S/C13H13BrN2O3/c14-10-2-1-9(7-15)12(5-10)16-3-4-19-11(8-16)6-13(17)18/h1-2,5,11H,3-4,6,8H2,(H,17,18). The number of carbonyl (C=O) groups is 1. The molecular formula is C13H13BrN2O3. The molecule has 1 saturated heterocycles. The summed E-state index contributed by atoms with van der Waals surface area (Å²) in [4.78, 5) is 12.7. The first-order chi connectivity index (χ1) is 9.10. The molecule has 1 aromatic carbocycles. The van der Waals surface area contributed by atoms with Crippen LogP contribution in [0, 0.1) is 11.3 Å². The van der Waals surface area contributed by atoms with Crippen LogP contribution in [0.15, 0.2) is 22.7 Å². The first-order valence-corrected chi connectivity index (χ1v) is 6.67. The fraction of sp³-hybridized carbons (Fsp3) is 0.385. The minimum absolute atomic E-state index is 0.0214. The Balaban J connectivity index is 2.19. The van der Waals surface area contributed by atoms with E-state index in [0.717, 1.165) is 10.2 Å². The fourth-order valence-electron chi connectivity index (χ4n) is 2.12. The zero-order valence-electron chi connectivity index (χ0n) is 10.2. The van der Waals surface area contributed by atoms with Crippen LogP contribution in [-0.4, -0.2) is 36.9 Å². The van der Waals surface area contributed by atoms with Crippen molar-refractivity contribution < 1.29 is 14.6 Å². The second-order valence-electron chi connectivity index (χ2n) is 4.31. The van der Waals surface area contributed by atoms with Gasteiger partial charge < -0.3 is 14.7 Å². The third-order valence-electron chi connectivity index (χ3n) is 2.96. The Hall–Kier alpha value is -1.58. The van der Waals surface area contributed by atoms with Crippen molar-refractivity contribution in [2.45, 2.75) is 12.5 Å². The summed E-state index contributed by atoms with van der Waals surface area (Å²) in [6.07, 6.45) is -0.358. The van der Waals surface area contributed by atoms with Gasteiger partial charge in [0.05, 0.1) is 30.4 Å². The van der Waals surface area contributed by atoms with Gasteiger partial charge in [-0.15, -0.1) is 0 Å². The number of hydrogen-bond acceptors (Lipinski definition) is 4. The monoisotopic (exact) mass is 324 g/mol. The summed E-state index contributed by atoms with van der Waals surface area (Å²) in [5.41, 5.74) is 1.40. The highest BCUT2D eigenvalue weighted by atomic mass is 79.9. The highest BCUT2D eigenvalue weighted by Crippen LogP contribution is 2.26. The molecule has 0 radical (unpaired) electrons. The SMILES string of the molecule is N#Cc1ccc(Br)cc1N1CCOC(CC(=O)O)C1. The largest absolute Gasteiger partial charge is 0.481 e. The van der Waals surface area contributed by atoms with Crippen molar-refractivity contribution in [2.24, 2.45) is 0 Å². The maximum atomic E-state index is 10.7. The molecule has 0 bridgehead atoms. The summed E-state index contributed by atoms with van der Waals surface area (Å²) in [6.45, 7) is 1.61. The highest BCUT2D eigenvalue weighted by Gasteiger charge is 2.24. The normalized spacial score (nSPS) is 18.9. The van der Waals surface area contributed by atoms with Gasteiger partial charge in [-0.25, -0.2) is 0 Å².